The average Bonchev–Trinajstić information content (AvgIpc) is 3.56. The summed E-state index contributed by atoms with van der Waals surface area (Å²) in [6.07, 6.45) is 5.16. The zero-order chi connectivity index (χ0) is 34.0. The largest absolute Gasteiger partial charge is 0.469 e. The molecule has 11 heteroatoms. The zero-order valence-corrected chi connectivity index (χ0v) is 27.1. The van der Waals surface area contributed by atoms with Crippen LogP contribution in [0.3, 0.4) is 0 Å². The Morgan fingerprint density at radius 2 is 1.81 bits per heavy atom. The van der Waals surface area contributed by atoms with Gasteiger partial charge in [0.25, 0.3) is 11.5 Å². The zero-order valence-electron chi connectivity index (χ0n) is 27.1. The maximum Gasteiger partial charge on any atom is 0.305 e. The van der Waals surface area contributed by atoms with Gasteiger partial charge in [-0.05, 0) is 60.7 Å². The van der Waals surface area contributed by atoms with Gasteiger partial charge in [0.05, 0.1) is 42.0 Å². The molecule has 1 aromatic heterocycles. The molecule has 0 bridgehead atoms. The van der Waals surface area contributed by atoms with E-state index in [2.05, 4.69) is 5.10 Å². The minimum Gasteiger partial charge on any atom is -0.469 e. The number of anilines is 1. The molecular weight excluding hydrogens is 612 g/mol. The predicted molar refractivity (Wildman–Crippen MR) is 181 cm³/mol. The van der Waals surface area contributed by atoms with Crippen molar-refractivity contribution in [1.82, 2.24) is 14.7 Å². The van der Waals surface area contributed by atoms with E-state index in [0.717, 1.165) is 11.1 Å². The highest BCUT2D eigenvalue weighted by Crippen LogP contribution is 2.46. The lowest BCUT2D eigenvalue weighted by Crippen LogP contribution is -2.46. The van der Waals surface area contributed by atoms with Gasteiger partial charge < -0.3 is 24.7 Å². The highest BCUT2D eigenvalue weighted by atomic mass is 16.5. The number of nitrogens with zero attached hydrogens (tertiary/aromatic N) is 3. The minimum absolute atomic E-state index is 0.0296. The molecule has 3 atom stereocenters. The van der Waals surface area contributed by atoms with Crippen molar-refractivity contribution in [3.8, 4) is 5.69 Å². The number of aromatic nitrogens is 2. The number of esters is 1. The van der Waals surface area contributed by atoms with Crippen LogP contribution in [-0.2, 0) is 37.7 Å². The Labute approximate surface area is 278 Å². The number of carbonyl (C=O) groups excluding carboxylic acids is 3. The molecule has 250 valence electrons. The van der Waals surface area contributed by atoms with Crippen molar-refractivity contribution >= 4 is 34.4 Å². The van der Waals surface area contributed by atoms with E-state index in [4.69, 9.17) is 4.74 Å². The van der Waals surface area contributed by atoms with E-state index < -0.39 is 17.4 Å². The number of benzene rings is 3. The Balaban J connectivity index is 1.27. The van der Waals surface area contributed by atoms with E-state index in [1.165, 1.54) is 16.7 Å². The second kappa shape index (κ2) is 13.6. The SMILES string of the molecule is COC(=O)CCCCN1C(=O)[C@@](O)([C@@H](C)/C=C/CC(=O)N2Cc3ccccc3C[C@H]2CO)c2cc(-n3[nH]c4ccccc4c3=O)ccc21. The van der Waals surface area contributed by atoms with Crippen LogP contribution in [0.1, 0.15) is 49.3 Å². The van der Waals surface area contributed by atoms with Crippen molar-refractivity contribution in [3.05, 3.63) is 106 Å². The number of unbranched alkanes of at least 4 members (excludes halogenated alkanes) is 1. The van der Waals surface area contributed by atoms with E-state index in [-0.39, 0.29) is 49.5 Å². The van der Waals surface area contributed by atoms with Crippen LogP contribution in [0.5, 0.6) is 0 Å². The molecule has 0 fully saturated rings. The first-order valence-corrected chi connectivity index (χ1v) is 16.3. The van der Waals surface area contributed by atoms with Crippen LogP contribution in [-0.4, -0.2) is 69.0 Å². The fourth-order valence-corrected chi connectivity index (χ4v) is 6.85. The monoisotopic (exact) mass is 652 g/mol. The van der Waals surface area contributed by atoms with Gasteiger partial charge in [-0.2, -0.15) is 0 Å². The molecule has 0 unspecified atom stereocenters. The number of fused-ring (bicyclic) bond motifs is 3. The fraction of sp³-hybridized carbons (Fsp3) is 0.351. The number of methoxy groups -OCH3 is 1. The number of aliphatic hydroxyl groups is 2. The lowest BCUT2D eigenvalue weighted by molar-refractivity contribution is -0.140. The van der Waals surface area contributed by atoms with E-state index >= 15 is 0 Å². The first-order chi connectivity index (χ1) is 23.2. The van der Waals surface area contributed by atoms with Gasteiger partial charge in [0, 0.05) is 37.4 Å². The number of para-hydroxylation sites is 1. The molecule has 2 aliphatic rings. The number of aliphatic hydroxyl groups excluding tert-OH is 1. The molecule has 0 saturated carbocycles. The second-order valence-corrected chi connectivity index (χ2v) is 12.5. The lowest BCUT2D eigenvalue weighted by atomic mass is 9.82. The van der Waals surface area contributed by atoms with Crippen LogP contribution in [0.4, 0.5) is 5.69 Å². The predicted octanol–water partition coefficient (Wildman–Crippen LogP) is 3.72. The summed E-state index contributed by atoms with van der Waals surface area (Å²) < 4.78 is 6.13. The Morgan fingerprint density at radius 1 is 1.06 bits per heavy atom. The number of aromatic amines is 1. The number of amides is 2. The molecule has 48 heavy (non-hydrogen) atoms. The highest BCUT2D eigenvalue weighted by molar-refractivity contribution is 6.07. The van der Waals surface area contributed by atoms with Gasteiger partial charge in [-0.1, -0.05) is 55.5 Å². The Bertz CT molecular complexity index is 1950. The number of H-pyrrole nitrogens is 1. The number of hydrogen-bond donors (Lipinski definition) is 3. The number of rotatable bonds is 11. The van der Waals surface area contributed by atoms with E-state index in [1.54, 1.807) is 60.4 Å². The molecule has 3 heterocycles. The molecule has 0 aliphatic carbocycles. The van der Waals surface area contributed by atoms with Crippen LogP contribution in [0, 0.1) is 5.92 Å². The van der Waals surface area contributed by atoms with Crippen molar-refractivity contribution in [2.75, 3.05) is 25.2 Å². The Hall–Kier alpha value is -5.00. The van der Waals surface area contributed by atoms with Crippen LogP contribution < -0.4 is 10.5 Å². The quantitative estimate of drug-likeness (QED) is 0.127. The van der Waals surface area contributed by atoms with Crippen LogP contribution in [0.2, 0.25) is 0 Å². The number of nitrogens with one attached hydrogen (secondary N) is 1. The normalized spacial score (nSPS) is 19.5. The Kier molecular flexibility index (Phi) is 9.34. The summed E-state index contributed by atoms with van der Waals surface area (Å²) in [5.41, 5.74) is 1.90. The molecule has 0 radical (unpaired) electrons. The molecule has 2 amide bonds. The standard InChI is InChI=1S/C37H40N4O7/c1-24(10-9-15-33(43)40-22-26-12-4-3-11-25(26)20-28(40)23-42)37(47)30-21-27(41-35(45)29-13-5-6-14-31(29)38-41)17-18-32(30)39(36(37)46)19-8-7-16-34(44)48-2/h3-6,9-14,17-18,21,24,28,38,42,47H,7-8,15-16,19-20,22-23H2,1-2H3/b10-9+/t24-,28-,37+/m0/s1. The maximum absolute atomic E-state index is 14.1. The summed E-state index contributed by atoms with van der Waals surface area (Å²) in [5.74, 6) is -1.76. The third-order valence-electron chi connectivity index (χ3n) is 9.61. The summed E-state index contributed by atoms with van der Waals surface area (Å²) in [6.45, 7) is 2.24. The first kappa shape index (κ1) is 32.9. The third kappa shape index (κ3) is 5.95. The summed E-state index contributed by atoms with van der Waals surface area (Å²) in [7, 11) is 1.33. The Morgan fingerprint density at radius 3 is 2.56 bits per heavy atom. The third-order valence-corrected chi connectivity index (χ3v) is 9.61. The highest BCUT2D eigenvalue weighted by Gasteiger charge is 2.52. The van der Waals surface area contributed by atoms with Crippen LogP contribution >= 0.6 is 0 Å². The fourth-order valence-electron chi connectivity index (χ4n) is 6.85. The number of ether oxygens (including phenoxy) is 1. The molecular formula is C37H40N4O7. The lowest BCUT2D eigenvalue weighted by Gasteiger charge is -2.36. The number of carbonyl (C=O) groups is 3. The van der Waals surface area contributed by atoms with E-state index in [1.807, 2.05) is 30.3 Å². The van der Waals surface area contributed by atoms with Gasteiger partial charge in [-0.3, -0.25) is 24.3 Å². The van der Waals surface area contributed by atoms with Crippen molar-refractivity contribution in [3.63, 3.8) is 0 Å². The smallest absolute Gasteiger partial charge is 0.305 e. The van der Waals surface area contributed by atoms with Gasteiger partial charge in [-0.15, -0.1) is 0 Å². The van der Waals surface area contributed by atoms with E-state index in [0.29, 0.717) is 53.6 Å². The molecule has 3 aromatic carbocycles. The van der Waals surface area contributed by atoms with Gasteiger partial charge >= 0.3 is 5.97 Å². The molecule has 11 nitrogen and oxygen atoms in total. The molecule has 3 N–H and O–H groups in total. The van der Waals surface area contributed by atoms with Crippen molar-refractivity contribution in [2.24, 2.45) is 5.92 Å². The maximum atomic E-state index is 14.1. The second-order valence-electron chi connectivity index (χ2n) is 12.5. The topological polar surface area (TPSA) is 145 Å². The van der Waals surface area contributed by atoms with Crippen LogP contribution in [0.25, 0.3) is 16.6 Å². The summed E-state index contributed by atoms with van der Waals surface area (Å²) in [6, 6.07) is 19.8. The number of hydrogen-bond acceptors (Lipinski definition) is 7. The van der Waals surface area contributed by atoms with Crippen molar-refractivity contribution in [1.29, 1.82) is 0 Å². The molecule has 0 spiro atoms. The van der Waals surface area contributed by atoms with Gasteiger partial charge in [-0.25, -0.2) is 4.68 Å². The van der Waals surface area contributed by atoms with E-state index in [9.17, 15) is 29.4 Å². The summed E-state index contributed by atoms with van der Waals surface area (Å²) >= 11 is 0. The van der Waals surface area contributed by atoms with Crippen molar-refractivity contribution in [2.45, 2.75) is 57.2 Å². The van der Waals surface area contributed by atoms with Gasteiger partial charge in [0.15, 0.2) is 5.60 Å². The summed E-state index contributed by atoms with van der Waals surface area (Å²) in [5, 5.41) is 25.9. The van der Waals surface area contributed by atoms with Gasteiger partial charge in [0.2, 0.25) is 5.91 Å². The molecule has 0 saturated heterocycles. The minimum atomic E-state index is -1.99. The van der Waals surface area contributed by atoms with Gasteiger partial charge in [0.1, 0.15) is 0 Å². The summed E-state index contributed by atoms with van der Waals surface area (Å²) in [4.78, 5) is 55.5. The average molecular weight is 653 g/mol. The van der Waals surface area contributed by atoms with Crippen LogP contribution in [0.15, 0.2) is 83.7 Å². The molecule has 4 aromatic rings. The first-order valence-electron chi connectivity index (χ1n) is 16.3. The molecule has 6 rings (SSSR count). The molecule has 2 aliphatic heterocycles. The van der Waals surface area contributed by atoms with Crippen molar-refractivity contribution < 1.29 is 29.3 Å².